The number of carbonyl (C=O) groups is 3. The van der Waals surface area contributed by atoms with Crippen molar-refractivity contribution in [2.45, 2.75) is 25.3 Å². The minimum Gasteiger partial charge on any atom is -0.480 e. The average molecular weight is 408 g/mol. The smallest absolute Gasteiger partial charge is 0.407 e. The third-order valence-electron chi connectivity index (χ3n) is 5.91. The van der Waals surface area contributed by atoms with Crippen LogP contribution in [0.15, 0.2) is 48.5 Å². The fourth-order valence-electron chi connectivity index (χ4n) is 4.16. The van der Waals surface area contributed by atoms with E-state index in [0.29, 0.717) is 13.0 Å². The number of carboxylic acid groups (broad SMARTS) is 1. The number of nitrogens with one attached hydrogen (secondary N) is 1. The number of ether oxygens (including phenoxy) is 1. The standard InChI is InChI=1S/C23H24N2O5/c1-14(21(26)25-11-10-20(25)22(27)28)12-24-23(29)30-13-19-17-8-4-2-6-15(17)16-7-3-5-9-18(16)19/h2-9,14,19-20H,10-13H2,1H3,(H,24,29)(H,27,28). The highest BCUT2D eigenvalue weighted by atomic mass is 16.5. The Labute approximate surface area is 174 Å². The Hall–Kier alpha value is -3.35. The van der Waals surface area contributed by atoms with Crippen molar-refractivity contribution in [1.29, 1.82) is 0 Å². The Balaban J connectivity index is 1.31. The Morgan fingerprint density at radius 2 is 1.70 bits per heavy atom. The van der Waals surface area contributed by atoms with Crippen LogP contribution in [-0.2, 0) is 14.3 Å². The highest BCUT2D eigenvalue weighted by molar-refractivity contribution is 5.87. The molecule has 30 heavy (non-hydrogen) atoms. The number of amides is 2. The van der Waals surface area contributed by atoms with Gasteiger partial charge in [0.2, 0.25) is 5.91 Å². The van der Waals surface area contributed by atoms with Gasteiger partial charge in [-0.25, -0.2) is 9.59 Å². The van der Waals surface area contributed by atoms with Crippen molar-refractivity contribution in [3.63, 3.8) is 0 Å². The van der Waals surface area contributed by atoms with Crippen molar-refractivity contribution < 1.29 is 24.2 Å². The molecule has 2 atom stereocenters. The van der Waals surface area contributed by atoms with Crippen LogP contribution in [0.25, 0.3) is 11.1 Å². The molecule has 4 rings (SSSR count). The van der Waals surface area contributed by atoms with Crippen molar-refractivity contribution >= 4 is 18.0 Å². The van der Waals surface area contributed by atoms with Gasteiger partial charge in [0.15, 0.2) is 0 Å². The molecule has 7 heteroatoms. The summed E-state index contributed by atoms with van der Waals surface area (Å²) in [5.41, 5.74) is 4.58. The number of rotatable bonds is 6. The predicted molar refractivity (Wildman–Crippen MR) is 110 cm³/mol. The summed E-state index contributed by atoms with van der Waals surface area (Å²) in [7, 11) is 0. The van der Waals surface area contributed by atoms with Gasteiger partial charge in [-0.1, -0.05) is 55.5 Å². The largest absolute Gasteiger partial charge is 0.480 e. The maximum absolute atomic E-state index is 12.4. The van der Waals surface area contributed by atoms with E-state index in [-0.39, 0.29) is 25.0 Å². The summed E-state index contributed by atoms with van der Waals surface area (Å²) in [6.45, 7) is 2.40. The number of hydrogen-bond acceptors (Lipinski definition) is 4. The molecular formula is C23H24N2O5. The molecule has 0 bridgehead atoms. The van der Waals surface area contributed by atoms with E-state index < -0.39 is 24.0 Å². The van der Waals surface area contributed by atoms with Crippen molar-refractivity contribution in [3.05, 3.63) is 59.7 Å². The molecule has 1 aliphatic carbocycles. The summed E-state index contributed by atoms with van der Waals surface area (Å²) in [6.07, 6.45) is -0.122. The topological polar surface area (TPSA) is 95.9 Å². The molecule has 0 radical (unpaired) electrons. The van der Waals surface area contributed by atoms with Gasteiger partial charge < -0.3 is 20.1 Å². The predicted octanol–water partition coefficient (Wildman–Crippen LogP) is 2.85. The fraction of sp³-hybridized carbons (Fsp3) is 0.348. The first-order chi connectivity index (χ1) is 14.5. The van der Waals surface area contributed by atoms with Crippen LogP contribution < -0.4 is 5.32 Å². The number of benzene rings is 2. The van der Waals surface area contributed by atoms with Crippen molar-refractivity contribution in [2.24, 2.45) is 5.92 Å². The zero-order valence-electron chi connectivity index (χ0n) is 16.7. The lowest BCUT2D eigenvalue weighted by atomic mass is 9.98. The first-order valence-electron chi connectivity index (χ1n) is 10.1. The second-order valence-electron chi connectivity index (χ2n) is 7.78. The lowest BCUT2D eigenvalue weighted by molar-refractivity contribution is -0.158. The summed E-state index contributed by atoms with van der Waals surface area (Å²) in [6, 6.07) is 15.4. The minimum atomic E-state index is -0.994. The quantitative estimate of drug-likeness (QED) is 0.766. The Bertz CT molecular complexity index is 944. The van der Waals surface area contributed by atoms with E-state index in [4.69, 9.17) is 9.84 Å². The van der Waals surface area contributed by atoms with Crippen LogP contribution in [0.1, 0.15) is 30.4 Å². The highest BCUT2D eigenvalue weighted by Crippen LogP contribution is 2.44. The zero-order chi connectivity index (χ0) is 21.3. The van der Waals surface area contributed by atoms with Crippen LogP contribution in [0.2, 0.25) is 0 Å². The van der Waals surface area contributed by atoms with Gasteiger partial charge in [-0.2, -0.15) is 0 Å². The van der Waals surface area contributed by atoms with Gasteiger partial charge in [-0.3, -0.25) is 4.79 Å². The molecule has 2 N–H and O–H groups in total. The molecule has 2 aliphatic rings. The van der Waals surface area contributed by atoms with Gasteiger partial charge in [-0.05, 0) is 28.7 Å². The monoisotopic (exact) mass is 408 g/mol. The molecule has 1 aliphatic heterocycles. The van der Waals surface area contributed by atoms with Crippen LogP contribution in [0.4, 0.5) is 4.79 Å². The first kappa shape index (κ1) is 19.9. The number of fused-ring (bicyclic) bond motifs is 3. The molecule has 1 heterocycles. The molecule has 1 fully saturated rings. The fourth-order valence-corrected chi connectivity index (χ4v) is 4.16. The number of likely N-dealkylation sites (tertiary alicyclic amines) is 1. The number of carbonyl (C=O) groups excluding carboxylic acids is 2. The number of nitrogens with zero attached hydrogens (tertiary/aromatic N) is 1. The zero-order valence-corrected chi connectivity index (χ0v) is 16.7. The molecule has 156 valence electrons. The molecule has 2 unspecified atom stereocenters. The second-order valence-corrected chi connectivity index (χ2v) is 7.78. The van der Waals surface area contributed by atoms with Crippen LogP contribution in [0.5, 0.6) is 0 Å². The number of alkyl carbamates (subject to hydrolysis) is 1. The summed E-state index contributed by atoms with van der Waals surface area (Å²) in [5.74, 6) is -1.81. The van der Waals surface area contributed by atoms with Crippen LogP contribution in [0, 0.1) is 5.92 Å². The van der Waals surface area contributed by atoms with E-state index in [9.17, 15) is 14.4 Å². The van der Waals surface area contributed by atoms with Gasteiger partial charge in [0, 0.05) is 19.0 Å². The SMILES string of the molecule is CC(CNC(=O)OCC1c2ccccc2-c2ccccc21)C(=O)N1CCC1C(=O)O. The van der Waals surface area contributed by atoms with Gasteiger partial charge in [0.1, 0.15) is 12.6 Å². The molecule has 0 aromatic heterocycles. The summed E-state index contributed by atoms with van der Waals surface area (Å²) >= 11 is 0. The van der Waals surface area contributed by atoms with E-state index in [1.54, 1.807) is 6.92 Å². The van der Waals surface area contributed by atoms with Gasteiger partial charge in [-0.15, -0.1) is 0 Å². The molecule has 2 aromatic rings. The molecule has 2 amide bonds. The number of carboxylic acids is 1. The Morgan fingerprint density at radius 3 is 2.23 bits per heavy atom. The van der Waals surface area contributed by atoms with Gasteiger partial charge >= 0.3 is 12.1 Å². The molecule has 0 spiro atoms. The third kappa shape index (κ3) is 3.63. The Kier molecular flexibility index (Phi) is 5.44. The lowest BCUT2D eigenvalue weighted by Gasteiger charge is -2.39. The summed E-state index contributed by atoms with van der Waals surface area (Å²) in [5, 5.41) is 11.7. The van der Waals surface area contributed by atoms with Crippen molar-refractivity contribution in [1.82, 2.24) is 10.2 Å². The van der Waals surface area contributed by atoms with Crippen LogP contribution in [0.3, 0.4) is 0 Å². The van der Waals surface area contributed by atoms with Crippen LogP contribution in [-0.4, -0.2) is 53.7 Å². The van der Waals surface area contributed by atoms with E-state index in [1.807, 2.05) is 36.4 Å². The second kappa shape index (κ2) is 8.18. The maximum atomic E-state index is 12.4. The molecule has 7 nitrogen and oxygen atoms in total. The van der Waals surface area contributed by atoms with E-state index >= 15 is 0 Å². The van der Waals surface area contributed by atoms with E-state index in [0.717, 1.165) is 22.3 Å². The first-order valence-corrected chi connectivity index (χ1v) is 10.1. The van der Waals surface area contributed by atoms with Gasteiger partial charge in [0.05, 0.1) is 5.92 Å². The lowest BCUT2D eigenvalue weighted by Crippen LogP contribution is -2.57. The van der Waals surface area contributed by atoms with Crippen LogP contribution >= 0.6 is 0 Å². The van der Waals surface area contributed by atoms with Crippen molar-refractivity contribution in [3.8, 4) is 11.1 Å². The Morgan fingerprint density at radius 1 is 1.10 bits per heavy atom. The number of hydrogen-bond donors (Lipinski definition) is 2. The maximum Gasteiger partial charge on any atom is 0.407 e. The van der Waals surface area contributed by atoms with Gasteiger partial charge in [0.25, 0.3) is 0 Å². The highest BCUT2D eigenvalue weighted by Gasteiger charge is 2.39. The molecule has 2 aromatic carbocycles. The molecular weight excluding hydrogens is 384 g/mol. The summed E-state index contributed by atoms with van der Waals surface area (Å²) < 4.78 is 5.46. The average Bonchev–Trinajstić information content (AvgIpc) is 3.03. The van der Waals surface area contributed by atoms with E-state index in [2.05, 4.69) is 17.4 Å². The minimum absolute atomic E-state index is 0.0281. The molecule has 1 saturated heterocycles. The normalized spacial score (nSPS) is 18.0. The molecule has 0 saturated carbocycles. The third-order valence-corrected chi connectivity index (χ3v) is 5.91. The van der Waals surface area contributed by atoms with E-state index in [1.165, 1.54) is 4.90 Å². The van der Waals surface area contributed by atoms with Crippen molar-refractivity contribution in [2.75, 3.05) is 19.7 Å². The number of aliphatic carboxylic acids is 1. The summed E-state index contributed by atoms with van der Waals surface area (Å²) in [4.78, 5) is 37.0.